The first-order valence-corrected chi connectivity index (χ1v) is 6.27. The van der Waals surface area contributed by atoms with Crippen LogP contribution in [0.1, 0.15) is 18.6 Å². The van der Waals surface area contributed by atoms with E-state index in [1.807, 2.05) is 0 Å². The van der Waals surface area contributed by atoms with Crippen LogP contribution in [0.25, 0.3) is 0 Å². The molecule has 8 nitrogen and oxygen atoms in total. The number of nitro benzene ring substituents is 2. The summed E-state index contributed by atoms with van der Waals surface area (Å²) < 4.78 is 5.42. The van der Waals surface area contributed by atoms with Crippen molar-refractivity contribution in [3.05, 3.63) is 68.3 Å². The van der Waals surface area contributed by atoms with Gasteiger partial charge in [0.2, 0.25) is 5.75 Å². The Morgan fingerprint density at radius 3 is 2.41 bits per heavy atom. The summed E-state index contributed by atoms with van der Waals surface area (Å²) in [5, 5.41) is 31.2. The minimum absolute atomic E-state index is 0.113. The number of benzene rings is 2. The maximum absolute atomic E-state index is 11.0. The second-order valence-corrected chi connectivity index (χ2v) is 4.52. The molecule has 2 aromatic carbocycles. The number of aliphatic hydroxyl groups excluding tert-OH is 1. The van der Waals surface area contributed by atoms with E-state index in [1.54, 1.807) is 25.1 Å². The molecular formula is C14H12N2O6. The summed E-state index contributed by atoms with van der Waals surface area (Å²) in [6.07, 6.45) is -0.713. The van der Waals surface area contributed by atoms with Gasteiger partial charge in [-0.1, -0.05) is 12.1 Å². The van der Waals surface area contributed by atoms with Gasteiger partial charge in [-0.2, -0.15) is 0 Å². The van der Waals surface area contributed by atoms with Crippen LogP contribution >= 0.6 is 0 Å². The van der Waals surface area contributed by atoms with E-state index in [0.717, 1.165) is 12.1 Å². The second-order valence-electron chi connectivity index (χ2n) is 4.52. The molecule has 114 valence electrons. The zero-order valence-electron chi connectivity index (χ0n) is 11.5. The lowest BCUT2D eigenvalue weighted by Crippen LogP contribution is -1.97. The number of hydrogen-bond acceptors (Lipinski definition) is 6. The predicted molar refractivity (Wildman–Crippen MR) is 76.9 cm³/mol. The highest BCUT2D eigenvalue weighted by Gasteiger charge is 2.21. The first-order valence-electron chi connectivity index (χ1n) is 6.27. The molecule has 22 heavy (non-hydrogen) atoms. The molecule has 2 aromatic rings. The normalized spacial score (nSPS) is 11.7. The van der Waals surface area contributed by atoms with E-state index in [4.69, 9.17) is 4.74 Å². The van der Waals surface area contributed by atoms with Gasteiger partial charge in [0.05, 0.1) is 22.0 Å². The first-order chi connectivity index (χ1) is 10.4. The largest absolute Gasteiger partial charge is 0.450 e. The van der Waals surface area contributed by atoms with E-state index in [2.05, 4.69) is 0 Å². The Hall–Kier alpha value is -3.00. The summed E-state index contributed by atoms with van der Waals surface area (Å²) in [7, 11) is 0. The van der Waals surface area contributed by atoms with E-state index >= 15 is 0 Å². The molecule has 0 unspecified atom stereocenters. The average molecular weight is 304 g/mol. The molecule has 0 fully saturated rings. The SMILES string of the molecule is C[C@H](O)c1cccc(Oc2ccc([N+](=O)[O-])cc2[N+](=O)[O-])c1. The summed E-state index contributed by atoms with van der Waals surface area (Å²) in [4.78, 5) is 20.2. The molecule has 1 N–H and O–H groups in total. The number of nitro groups is 2. The Labute approximate surface area is 124 Å². The van der Waals surface area contributed by atoms with Crippen molar-refractivity contribution in [2.45, 2.75) is 13.0 Å². The Morgan fingerprint density at radius 1 is 1.09 bits per heavy atom. The molecule has 0 aromatic heterocycles. The summed E-state index contributed by atoms with van der Waals surface area (Å²) in [6, 6.07) is 9.56. The average Bonchev–Trinajstić information content (AvgIpc) is 2.47. The van der Waals surface area contributed by atoms with Gasteiger partial charge in [0.1, 0.15) is 5.75 Å². The predicted octanol–water partition coefficient (Wildman–Crippen LogP) is 3.35. The van der Waals surface area contributed by atoms with Crippen molar-refractivity contribution < 1.29 is 19.7 Å². The maximum Gasteiger partial charge on any atom is 0.318 e. The molecule has 1 atom stereocenters. The van der Waals surface area contributed by atoms with Crippen LogP contribution in [0.3, 0.4) is 0 Å². The molecule has 0 heterocycles. The van der Waals surface area contributed by atoms with E-state index in [0.29, 0.717) is 5.56 Å². The highest BCUT2D eigenvalue weighted by molar-refractivity contribution is 5.54. The van der Waals surface area contributed by atoms with Crippen molar-refractivity contribution in [3.63, 3.8) is 0 Å². The molecule has 2 rings (SSSR count). The molecule has 0 spiro atoms. The number of nitrogens with zero attached hydrogens (tertiary/aromatic N) is 2. The van der Waals surface area contributed by atoms with Gasteiger partial charge in [0, 0.05) is 6.07 Å². The zero-order chi connectivity index (χ0) is 16.3. The van der Waals surface area contributed by atoms with Crippen LogP contribution in [0, 0.1) is 20.2 Å². The van der Waals surface area contributed by atoms with Gasteiger partial charge in [-0.3, -0.25) is 20.2 Å². The number of non-ortho nitro benzene ring substituents is 1. The lowest BCUT2D eigenvalue weighted by atomic mass is 10.1. The van der Waals surface area contributed by atoms with Crippen molar-refractivity contribution in [1.82, 2.24) is 0 Å². The van der Waals surface area contributed by atoms with E-state index in [9.17, 15) is 25.3 Å². The Bertz CT molecular complexity index is 729. The number of rotatable bonds is 5. The topological polar surface area (TPSA) is 116 Å². The summed E-state index contributed by atoms with van der Waals surface area (Å²) in [5.41, 5.74) is -0.310. The van der Waals surface area contributed by atoms with Crippen molar-refractivity contribution in [2.24, 2.45) is 0 Å². The Kier molecular flexibility index (Phi) is 4.33. The van der Waals surface area contributed by atoms with Crippen LogP contribution in [0.15, 0.2) is 42.5 Å². The molecule has 0 saturated carbocycles. The summed E-state index contributed by atoms with van der Waals surface area (Å²) in [6.45, 7) is 1.58. The fourth-order valence-corrected chi connectivity index (χ4v) is 1.81. The molecule has 0 bridgehead atoms. The molecular weight excluding hydrogens is 292 g/mol. The van der Waals surface area contributed by atoms with Crippen LogP contribution in [0.5, 0.6) is 11.5 Å². The Balaban J connectivity index is 2.39. The van der Waals surface area contributed by atoms with Gasteiger partial charge in [0.25, 0.3) is 5.69 Å². The van der Waals surface area contributed by atoms with Crippen molar-refractivity contribution >= 4 is 11.4 Å². The smallest absolute Gasteiger partial charge is 0.318 e. The highest BCUT2D eigenvalue weighted by atomic mass is 16.6. The van der Waals surface area contributed by atoms with E-state index in [-0.39, 0.29) is 11.5 Å². The Morgan fingerprint density at radius 2 is 1.82 bits per heavy atom. The van der Waals surface area contributed by atoms with Crippen molar-refractivity contribution in [2.75, 3.05) is 0 Å². The third-order valence-corrected chi connectivity index (χ3v) is 2.92. The van der Waals surface area contributed by atoms with Crippen LogP contribution in [0.4, 0.5) is 11.4 Å². The number of aliphatic hydroxyl groups is 1. The molecule has 0 saturated heterocycles. The summed E-state index contributed by atoms with van der Waals surface area (Å²) >= 11 is 0. The highest BCUT2D eigenvalue weighted by Crippen LogP contribution is 2.34. The quantitative estimate of drug-likeness (QED) is 0.668. The third-order valence-electron chi connectivity index (χ3n) is 2.92. The van der Waals surface area contributed by atoms with E-state index in [1.165, 1.54) is 12.1 Å². The van der Waals surface area contributed by atoms with Crippen molar-refractivity contribution in [1.29, 1.82) is 0 Å². The van der Waals surface area contributed by atoms with Gasteiger partial charge in [-0.05, 0) is 30.7 Å². The lowest BCUT2D eigenvalue weighted by molar-refractivity contribution is -0.394. The molecule has 0 aliphatic heterocycles. The second kappa shape index (κ2) is 6.19. The van der Waals surface area contributed by atoms with Crippen LogP contribution in [-0.4, -0.2) is 15.0 Å². The number of hydrogen-bond donors (Lipinski definition) is 1. The van der Waals surface area contributed by atoms with Crippen LogP contribution in [-0.2, 0) is 0 Å². The monoisotopic (exact) mass is 304 g/mol. The lowest BCUT2D eigenvalue weighted by Gasteiger charge is -2.09. The van der Waals surface area contributed by atoms with E-state index < -0.39 is 27.3 Å². The first kappa shape index (κ1) is 15.4. The zero-order valence-corrected chi connectivity index (χ0v) is 11.5. The molecule has 0 amide bonds. The standard InChI is InChI=1S/C14H12N2O6/c1-9(17)10-3-2-4-12(7-10)22-14-6-5-11(15(18)19)8-13(14)16(20)21/h2-9,17H,1H3/t9-/m0/s1. The number of ether oxygens (including phenoxy) is 1. The van der Waals surface area contributed by atoms with Gasteiger partial charge in [-0.25, -0.2) is 0 Å². The van der Waals surface area contributed by atoms with Crippen LogP contribution in [0.2, 0.25) is 0 Å². The third kappa shape index (κ3) is 3.36. The molecule has 0 radical (unpaired) electrons. The fourth-order valence-electron chi connectivity index (χ4n) is 1.81. The molecule has 8 heteroatoms. The van der Waals surface area contributed by atoms with Gasteiger partial charge in [-0.15, -0.1) is 0 Å². The van der Waals surface area contributed by atoms with Gasteiger partial charge in [0.15, 0.2) is 0 Å². The minimum Gasteiger partial charge on any atom is -0.450 e. The molecule has 0 aliphatic carbocycles. The van der Waals surface area contributed by atoms with Gasteiger partial charge < -0.3 is 9.84 Å². The molecule has 0 aliphatic rings. The van der Waals surface area contributed by atoms with Crippen LogP contribution < -0.4 is 4.74 Å². The fraction of sp³-hybridized carbons (Fsp3) is 0.143. The van der Waals surface area contributed by atoms with Gasteiger partial charge >= 0.3 is 5.69 Å². The summed E-state index contributed by atoms with van der Waals surface area (Å²) in [5.74, 6) is 0.175. The maximum atomic E-state index is 11.0. The van der Waals surface area contributed by atoms with Crippen molar-refractivity contribution in [3.8, 4) is 11.5 Å². The minimum atomic E-state index is -0.749.